The van der Waals surface area contributed by atoms with Crippen LogP contribution >= 0.6 is 11.8 Å². The fraction of sp³-hybridized carbons (Fsp3) is 0.429. The third-order valence-corrected chi connectivity index (χ3v) is 3.94. The smallest absolute Gasteiger partial charge is 0.245 e. The van der Waals surface area contributed by atoms with Gasteiger partial charge in [-0.25, -0.2) is 0 Å². The predicted octanol–water partition coefficient (Wildman–Crippen LogP) is 0.672. The van der Waals surface area contributed by atoms with E-state index in [1.54, 1.807) is 11.8 Å². The van der Waals surface area contributed by atoms with E-state index in [2.05, 4.69) is 10.3 Å². The first-order chi connectivity index (χ1) is 9.70. The number of methoxy groups -OCH3 is 1. The summed E-state index contributed by atoms with van der Waals surface area (Å²) in [4.78, 5) is 16.4. The summed E-state index contributed by atoms with van der Waals surface area (Å²) in [5.41, 5.74) is 1.03. The Balaban J connectivity index is 1.88. The second-order valence-electron chi connectivity index (χ2n) is 4.48. The second kappa shape index (κ2) is 7.42. The molecule has 1 aliphatic rings. The molecule has 0 spiro atoms. The molecule has 6 heteroatoms. The molecule has 1 amide bonds. The van der Waals surface area contributed by atoms with Gasteiger partial charge in [-0.05, 0) is 0 Å². The van der Waals surface area contributed by atoms with Crippen molar-refractivity contribution < 1.29 is 14.6 Å². The lowest BCUT2D eigenvalue weighted by molar-refractivity contribution is -0.122. The van der Waals surface area contributed by atoms with Gasteiger partial charge in [0, 0.05) is 25.0 Å². The summed E-state index contributed by atoms with van der Waals surface area (Å²) in [5, 5.41) is 13.1. The molecule has 0 aliphatic carbocycles. The van der Waals surface area contributed by atoms with Crippen molar-refractivity contribution in [2.24, 2.45) is 4.99 Å². The minimum absolute atomic E-state index is 0.154. The summed E-state index contributed by atoms with van der Waals surface area (Å²) >= 11 is 1.58. The van der Waals surface area contributed by atoms with Crippen molar-refractivity contribution in [3.8, 4) is 0 Å². The van der Waals surface area contributed by atoms with Crippen LogP contribution < -0.4 is 5.32 Å². The predicted molar refractivity (Wildman–Crippen MR) is 80.1 cm³/mol. The molecule has 0 radical (unpaired) electrons. The highest BCUT2D eigenvalue weighted by Gasteiger charge is 2.25. The monoisotopic (exact) mass is 294 g/mol. The number of nitrogens with zero attached hydrogens (tertiary/aromatic N) is 1. The van der Waals surface area contributed by atoms with E-state index < -0.39 is 6.10 Å². The van der Waals surface area contributed by atoms with Crippen LogP contribution in [0.2, 0.25) is 0 Å². The van der Waals surface area contributed by atoms with E-state index in [1.165, 1.54) is 7.11 Å². The molecule has 1 aliphatic heterocycles. The lowest BCUT2D eigenvalue weighted by Gasteiger charge is -2.12. The first-order valence-electron chi connectivity index (χ1n) is 6.41. The standard InChI is InChI=1S/C14H18N2O3S/c1-19-8-11(17)7-15-13(18)12-9-20-14(16-12)10-5-3-2-4-6-10/h2-6,11-12,17H,7-9H2,1H3,(H,15,18). The van der Waals surface area contributed by atoms with Gasteiger partial charge in [0.1, 0.15) is 6.04 Å². The maximum Gasteiger partial charge on any atom is 0.245 e. The Hall–Kier alpha value is -1.37. The molecular weight excluding hydrogens is 276 g/mol. The van der Waals surface area contributed by atoms with E-state index in [9.17, 15) is 9.90 Å². The number of carbonyl (C=O) groups excluding carboxylic acids is 1. The maximum absolute atomic E-state index is 11.9. The molecular formula is C14H18N2O3S. The number of aliphatic imine (C=N–C) groups is 1. The molecule has 1 heterocycles. The highest BCUT2D eigenvalue weighted by molar-refractivity contribution is 8.14. The Morgan fingerprint density at radius 2 is 2.30 bits per heavy atom. The number of benzene rings is 1. The van der Waals surface area contributed by atoms with E-state index in [4.69, 9.17) is 4.74 Å². The van der Waals surface area contributed by atoms with Crippen LogP contribution in [0.5, 0.6) is 0 Å². The fourth-order valence-corrected chi connectivity index (χ4v) is 2.88. The van der Waals surface area contributed by atoms with Gasteiger partial charge in [0.2, 0.25) is 5.91 Å². The van der Waals surface area contributed by atoms with Gasteiger partial charge in [-0.3, -0.25) is 9.79 Å². The molecule has 2 atom stereocenters. The second-order valence-corrected chi connectivity index (χ2v) is 5.49. The molecule has 2 rings (SSSR count). The lowest BCUT2D eigenvalue weighted by Crippen LogP contribution is -2.39. The van der Waals surface area contributed by atoms with E-state index >= 15 is 0 Å². The van der Waals surface area contributed by atoms with Gasteiger partial charge in [-0.1, -0.05) is 30.3 Å². The quantitative estimate of drug-likeness (QED) is 0.809. The molecule has 5 nitrogen and oxygen atoms in total. The zero-order valence-electron chi connectivity index (χ0n) is 11.3. The van der Waals surface area contributed by atoms with Crippen molar-refractivity contribution in [1.29, 1.82) is 0 Å². The number of nitrogens with one attached hydrogen (secondary N) is 1. The third-order valence-electron chi connectivity index (χ3n) is 2.85. The average Bonchev–Trinajstić information content (AvgIpc) is 2.96. The van der Waals surface area contributed by atoms with Crippen LogP contribution in [0.25, 0.3) is 0 Å². The molecule has 0 saturated heterocycles. The van der Waals surface area contributed by atoms with Crippen LogP contribution in [-0.2, 0) is 9.53 Å². The number of aliphatic hydroxyl groups excluding tert-OH is 1. The number of amides is 1. The topological polar surface area (TPSA) is 70.9 Å². The fourth-order valence-electron chi connectivity index (χ4n) is 1.83. The van der Waals surface area contributed by atoms with Gasteiger partial charge >= 0.3 is 0 Å². The average molecular weight is 294 g/mol. The summed E-state index contributed by atoms with van der Waals surface area (Å²) in [7, 11) is 1.51. The Kier molecular flexibility index (Phi) is 5.58. The van der Waals surface area contributed by atoms with Crippen molar-refractivity contribution in [2.75, 3.05) is 26.0 Å². The van der Waals surface area contributed by atoms with Gasteiger partial charge in [0.25, 0.3) is 0 Å². The molecule has 2 unspecified atom stereocenters. The Morgan fingerprint density at radius 1 is 1.55 bits per heavy atom. The number of rotatable bonds is 6. The molecule has 20 heavy (non-hydrogen) atoms. The highest BCUT2D eigenvalue weighted by Crippen LogP contribution is 2.23. The number of ether oxygens (including phenoxy) is 1. The van der Waals surface area contributed by atoms with E-state index in [-0.39, 0.29) is 25.1 Å². The lowest BCUT2D eigenvalue weighted by atomic mass is 10.2. The van der Waals surface area contributed by atoms with Crippen molar-refractivity contribution in [3.63, 3.8) is 0 Å². The van der Waals surface area contributed by atoms with Crippen LogP contribution in [0.15, 0.2) is 35.3 Å². The summed E-state index contributed by atoms with van der Waals surface area (Å²) in [6, 6.07) is 9.43. The third kappa shape index (κ3) is 4.06. The zero-order valence-corrected chi connectivity index (χ0v) is 12.1. The van der Waals surface area contributed by atoms with Crippen molar-refractivity contribution in [2.45, 2.75) is 12.1 Å². The number of carbonyl (C=O) groups is 1. The first-order valence-corrected chi connectivity index (χ1v) is 7.40. The number of aliphatic hydroxyl groups is 1. The molecule has 0 bridgehead atoms. The molecule has 108 valence electrons. The van der Waals surface area contributed by atoms with Gasteiger partial charge < -0.3 is 15.2 Å². The van der Waals surface area contributed by atoms with Crippen molar-refractivity contribution in [1.82, 2.24) is 5.32 Å². The molecule has 0 aromatic heterocycles. The van der Waals surface area contributed by atoms with E-state index in [0.29, 0.717) is 5.75 Å². The normalized spacial score (nSPS) is 19.5. The van der Waals surface area contributed by atoms with Crippen molar-refractivity contribution in [3.05, 3.63) is 35.9 Å². The van der Waals surface area contributed by atoms with Crippen LogP contribution in [0, 0.1) is 0 Å². The molecule has 2 N–H and O–H groups in total. The SMILES string of the molecule is COCC(O)CNC(=O)C1CSC(c2ccccc2)=N1. The van der Waals surface area contributed by atoms with Gasteiger partial charge in [0.15, 0.2) is 0 Å². The Labute approximate surface area is 122 Å². The maximum atomic E-state index is 11.9. The Bertz CT molecular complexity index is 479. The van der Waals surface area contributed by atoms with Crippen LogP contribution in [-0.4, -0.2) is 54.2 Å². The van der Waals surface area contributed by atoms with Gasteiger partial charge in [0.05, 0.1) is 17.8 Å². The number of thioether (sulfide) groups is 1. The molecule has 0 fully saturated rings. The van der Waals surface area contributed by atoms with Crippen LogP contribution in [0.4, 0.5) is 0 Å². The number of hydrogen-bond donors (Lipinski definition) is 2. The largest absolute Gasteiger partial charge is 0.389 e. The highest BCUT2D eigenvalue weighted by atomic mass is 32.2. The minimum Gasteiger partial charge on any atom is -0.389 e. The number of hydrogen-bond acceptors (Lipinski definition) is 5. The van der Waals surface area contributed by atoms with Crippen LogP contribution in [0.1, 0.15) is 5.56 Å². The molecule has 1 aromatic carbocycles. The first kappa shape index (κ1) is 15.0. The summed E-state index contributed by atoms with van der Waals surface area (Å²) in [6.45, 7) is 0.391. The zero-order chi connectivity index (χ0) is 14.4. The minimum atomic E-state index is -0.685. The molecule has 0 saturated carbocycles. The molecule has 1 aromatic rings. The summed E-state index contributed by atoms with van der Waals surface area (Å²) < 4.78 is 4.80. The Morgan fingerprint density at radius 3 is 3.00 bits per heavy atom. The van der Waals surface area contributed by atoms with Gasteiger partial charge in [-0.2, -0.15) is 0 Å². The van der Waals surface area contributed by atoms with Crippen LogP contribution in [0.3, 0.4) is 0 Å². The summed E-state index contributed by atoms with van der Waals surface area (Å²) in [5.74, 6) is 0.481. The van der Waals surface area contributed by atoms with Crippen molar-refractivity contribution >= 4 is 22.7 Å². The van der Waals surface area contributed by atoms with E-state index in [1.807, 2.05) is 30.3 Å². The van der Waals surface area contributed by atoms with Gasteiger partial charge in [-0.15, -0.1) is 11.8 Å². The van der Waals surface area contributed by atoms with E-state index in [0.717, 1.165) is 10.6 Å². The summed E-state index contributed by atoms with van der Waals surface area (Å²) in [6.07, 6.45) is -0.685.